The van der Waals surface area contributed by atoms with Crippen LogP contribution in [0.1, 0.15) is 63.0 Å². The number of hydrogen-bond donors (Lipinski definition) is 1. The number of carboxylic acid groups (broad SMARTS) is 1. The van der Waals surface area contributed by atoms with Gasteiger partial charge in [-0.05, 0) is 114 Å². The van der Waals surface area contributed by atoms with Gasteiger partial charge in [0.05, 0.1) is 12.2 Å². The average molecular weight is 589 g/mol. The molecule has 39 heavy (non-hydrogen) atoms. The molecule has 0 saturated carbocycles. The summed E-state index contributed by atoms with van der Waals surface area (Å²) in [5, 5.41) is 10.8. The Morgan fingerprint density at radius 1 is 1.03 bits per heavy atom. The molecule has 0 radical (unpaired) electrons. The van der Waals surface area contributed by atoms with Crippen molar-refractivity contribution in [1.82, 2.24) is 4.90 Å². The van der Waals surface area contributed by atoms with E-state index in [2.05, 4.69) is 30.0 Å². The minimum Gasteiger partial charge on any atom is -0.478 e. The molecule has 7 heteroatoms. The molecule has 3 nitrogen and oxygen atoms in total. The highest BCUT2D eigenvalue weighted by Crippen LogP contribution is 2.43. The third-order valence-electron chi connectivity index (χ3n) is 7.83. The summed E-state index contributed by atoms with van der Waals surface area (Å²) in [6.45, 7) is 4.83. The summed E-state index contributed by atoms with van der Waals surface area (Å²) in [6.07, 6.45) is 4.15. The van der Waals surface area contributed by atoms with Crippen LogP contribution in [0.25, 0.3) is 11.1 Å². The number of rotatable bonds is 8. The van der Waals surface area contributed by atoms with Crippen LogP contribution in [-0.2, 0) is 12.8 Å². The fourth-order valence-electron chi connectivity index (χ4n) is 5.92. The number of alkyl halides is 1. The van der Waals surface area contributed by atoms with Gasteiger partial charge in [0.15, 0.2) is 0 Å². The van der Waals surface area contributed by atoms with Crippen LogP contribution in [0.4, 0.5) is 4.39 Å². The lowest BCUT2D eigenvalue weighted by molar-refractivity contribution is 0.0696. The highest BCUT2D eigenvalue weighted by Gasteiger charge is 2.27. The highest BCUT2D eigenvalue weighted by molar-refractivity contribution is 6.36. The van der Waals surface area contributed by atoms with Crippen molar-refractivity contribution in [3.63, 3.8) is 0 Å². The number of aromatic carboxylic acids is 1. The fourth-order valence-corrected chi connectivity index (χ4v) is 6.44. The Bertz CT molecular complexity index is 1400. The highest BCUT2D eigenvalue weighted by atomic mass is 35.5. The first kappa shape index (κ1) is 29.6. The zero-order valence-corrected chi connectivity index (χ0v) is 24.3. The molecule has 0 spiro atoms. The Kier molecular flexibility index (Phi) is 9.77. The van der Waals surface area contributed by atoms with Crippen molar-refractivity contribution in [2.75, 3.05) is 26.3 Å². The smallest absolute Gasteiger partial charge is 0.335 e. The van der Waals surface area contributed by atoms with Crippen LogP contribution >= 0.6 is 35.6 Å². The summed E-state index contributed by atoms with van der Waals surface area (Å²) in [5.41, 5.74) is 9.33. The first-order valence-corrected chi connectivity index (χ1v) is 14.0. The summed E-state index contributed by atoms with van der Waals surface area (Å²) in [6, 6.07) is 17.8. The number of likely N-dealkylation sites (tertiary alicyclic amines) is 1. The quantitative estimate of drug-likeness (QED) is 0.287. The molecule has 5 rings (SSSR count). The largest absolute Gasteiger partial charge is 0.478 e. The van der Waals surface area contributed by atoms with Crippen LogP contribution < -0.4 is 0 Å². The van der Waals surface area contributed by atoms with Gasteiger partial charge < -0.3 is 10.0 Å². The molecule has 1 aliphatic carbocycles. The number of carbonyl (C=O) groups is 1. The minimum atomic E-state index is -0.914. The van der Waals surface area contributed by atoms with E-state index in [1.807, 2.05) is 24.3 Å². The van der Waals surface area contributed by atoms with Crippen LogP contribution in [0, 0.1) is 12.8 Å². The molecule has 2 aliphatic rings. The molecule has 1 N–H and O–H groups in total. The predicted octanol–water partition coefficient (Wildman–Crippen LogP) is 8.55. The van der Waals surface area contributed by atoms with E-state index in [4.69, 9.17) is 23.2 Å². The van der Waals surface area contributed by atoms with Crippen molar-refractivity contribution >= 4 is 52.7 Å². The average Bonchev–Trinajstić information content (AvgIpc) is 3.05. The second kappa shape index (κ2) is 12.9. The number of fused-ring (bicyclic) bond motifs is 1. The van der Waals surface area contributed by atoms with Crippen molar-refractivity contribution in [3.8, 4) is 0 Å². The monoisotopic (exact) mass is 587 g/mol. The van der Waals surface area contributed by atoms with Gasteiger partial charge in [0.1, 0.15) is 0 Å². The fraction of sp³-hybridized carbons (Fsp3) is 0.344. The predicted molar refractivity (Wildman–Crippen MR) is 161 cm³/mol. The van der Waals surface area contributed by atoms with Crippen LogP contribution in [0.2, 0.25) is 10.0 Å². The lowest BCUT2D eigenvalue weighted by atomic mass is 9.84. The Labute approximate surface area is 246 Å². The molecule has 3 aromatic rings. The van der Waals surface area contributed by atoms with Crippen LogP contribution in [0.3, 0.4) is 0 Å². The maximum absolute atomic E-state index is 12.5. The lowest BCUT2D eigenvalue weighted by Crippen LogP contribution is -2.47. The molecule has 0 amide bonds. The van der Waals surface area contributed by atoms with Gasteiger partial charge in [-0.25, -0.2) is 4.79 Å². The molecule has 1 heterocycles. The summed E-state index contributed by atoms with van der Waals surface area (Å²) >= 11 is 12.9. The van der Waals surface area contributed by atoms with Crippen molar-refractivity contribution in [1.29, 1.82) is 0 Å². The molecular weight excluding hydrogens is 556 g/mol. The summed E-state index contributed by atoms with van der Waals surface area (Å²) < 4.78 is 12.5. The normalized spacial score (nSPS) is 15.8. The van der Waals surface area contributed by atoms with Gasteiger partial charge in [-0.1, -0.05) is 53.5 Å². The molecule has 3 aromatic carbocycles. The minimum absolute atomic E-state index is 0. The van der Waals surface area contributed by atoms with E-state index in [-0.39, 0.29) is 19.1 Å². The second-order valence-electron chi connectivity index (χ2n) is 10.5. The molecule has 0 atom stereocenters. The number of aryl methyl sites for hydroxylation is 2. The molecule has 1 saturated heterocycles. The Balaban J connectivity index is 0.00000353. The van der Waals surface area contributed by atoms with Gasteiger partial charge in [0, 0.05) is 29.7 Å². The van der Waals surface area contributed by atoms with Gasteiger partial charge in [0.25, 0.3) is 0 Å². The van der Waals surface area contributed by atoms with Gasteiger partial charge in [0.2, 0.25) is 0 Å². The van der Waals surface area contributed by atoms with E-state index < -0.39 is 5.97 Å². The van der Waals surface area contributed by atoms with E-state index in [0.717, 1.165) is 78.7 Å². The SMILES string of the molecule is Cc1cc(C2=C(c3ccc(Cl)cc3Cl)CCCc3cc(C(=O)O)ccc32)ccc1CC1CN(CCCF)C1.Cl. The number of allylic oxidation sites excluding steroid dienone is 1. The Hall–Kier alpha value is -2.37. The van der Waals surface area contributed by atoms with Gasteiger partial charge >= 0.3 is 5.97 Å². The van der Waals surface area contributed by atoms with Gasteiger partial charge in [-0.3, -0.25) is 4.39 Å². The number of hydrogen-bond acceptors (Lipinski definition) is 2. The maximum atomic E-state index is 12.5. The summed E-state index contributed by atoms with van der Waals surface area (Å²) in [7, 11) is 0. The summed E-state index contributed by atoms with van der Waals surface area (Å²) in [4.78, 5) is 14.0. The first-order chi connectivity index (χ1) is 18.3. The molecule has 1 fully saturated rings. The molecular formula is C32H33Cl3FNO2. The summed E-state index contributed by atoms with van der Waals surface area (Å²) in [5.74, 6) is -0.308. The molecule has 0 bridgehead atoms. The lowest BCUT2D eigenvalue weighted by Gasteiger charge is -2.39. The van der Waals surface area contributed by atoms with Crippen molar-refractivity contribution in [2.24, 2.45) is 5.92 Å². The third kappa shape index (κ3) is 6.52. The van der Waals surface area contributed by atoms with Crippen LogP contribution in [-0.4, -0.2) is 42.3 Å². The van der Waals surface area contributed by atoms with E-state index in [9.17, 15) is 14.3 Å². The molecule has 0 aromatic heterocycles. The van der Waals surface area contributed by atoms with E-state index >= 15 is 0 Å². The Morgan fingerprint density at radius 3 is 2.49 bits per heavy atom. The van der Waals surface area contributed by atoms with Gasteiger partial charge in [-0.15, -0.1) is 12.4 Å². The van der Waals surface area contributed by atoms with E-state index in [1.54, 1.807) is 12.1 Å². The zero-order chi connectivity index (χ0) is 26.8. The van der Waals surface area contributed by atoms with Crippen molar-refractivity contribution in [2.45, 2.75) is 39.0 Å². The molecule has 206 valence electrons. The first-order valence-electron chi connectivity index (χ1n) is 13.3. The van der Waals surface area contributed by atoms with Crippen molar-refractivity contribution < 1.29 is 14.3 Å². The Morgan fingerprint density at radius 2 is 1.79 bits per heavy atom. The topological polar surface area (TPSA) is 40.5 Å². The van der Waals surface area contributed by atoms with E-state index in [0.29, 0.717) is 27.9 Å². The number of nitrogens with zero attached hydrogens (tertiary/aromatic N) is 1. The van der Waals surface area contributed by atoms with Gasteiger partial charge in [-0.2, -0.15) is 0 Å². The molecule has 0 unspecified atom stereocenters. The van der Waals surface area contributed by atoms with Crippen LogP contribution in [0.15, 0.2) is 54.6 Å². The van der Waals surface area contributed by atoms with Crippen LogP contribution in [0.5, 0.6) is 0 Å². The maximum Gasteiger partial charge on any atom is 0.335 e. The molecule has 1 aliphatic heterocycles. The number of halogens is 4. The third-order valence-corrected chi connectivity index (χ3v) is 8.38. The number of carboxylic acids is 1. The van der Waals surface area contributed by atoms with E-state index in [1.165, 1.54) is 11.1 Å². The number of benzene rings is 3. The zero-order valence-electron chi connectivity index (χ0n) is 22.0. The van der Waals surface area contributed by atoms with Crippen molar-refractivity contribution in [3.05, 3.63) is 104 Å². The standard InChI is InChI=1S/C32H32Cl2FNO2.ClH/c1-20-14-24(7-6-22(20)15-21-18-36(19-21)13-3-12-35)31-27-10-8-25(32(37)38)16-23(27)4-2-5-29(31)28-11-9-26(33)17-30(28)34;/h6-11,14,16-17,21H,2-5,12-13,15,18-19H2,1H3,(H,37,38);1H. The second-order valence-corrected chi connectivity index (χ2v) is 11.4.